The van der Waals surface area contributed by atoms with Crippen LogP contribution in [0, 0.1) is 0 Å². The van der Waals surface area contributed by atoms with Crippen molar-refractivity contribution in [3.8, 4) is 0 Å². The van der Waals surface area contributed by atoms with Crippen LogP contribution in [0.1, 0.15) is 17.7 Å². The highest BCUT2D eigenvalue weighted by Gasteiger charge is 2.31. The average molecular weight is 199 g/mol. The van der Waals surface area contributed by atoms with Crippen molar-refractivity contribution in [3.63, 3.8) is 0 Å². The lowest BCUT2D eigenvalue weighted by atomic mass is 9.92. The summed E-state index contributed by atoms with van der Waals surface area (Å²) < 4.78 is 14.1. The lowest BCUT2D eigenvalue weighted by molar-refractivity contribution is 0.123. The first-order valence-corrected chi connectivity index (χ1v) is 5.59. The Kier molecular flexibility index (Phi) is 2.65. The Morgan fingerprint density at radius 1 is 1.62 bits per heavy atom. The molecule has 0 bridgehead atoms. The molecule has 0 aliphatic carbocycles. The molecule has 2 heterocycles. The fraction of sp³-hybridized carbons (Fsp3) is 0.600. The molecule has 1 saturated heterocycles. The third-order valence-electron chi connectivity index (χ3n) is 2.49. The van der Waals surface area contributed by atoms with Crippen LogP contribution in [0.3, 0.4) is 0 Å². The van der Waals surface area contributed by atoms with Crippen molar-refractivity contribution in [2.75, 3.05) is 13.1 Å². The van der Waals surface area contributed by atoms with Gasteiger partial charge in [0.2, 0.25) is 0 Å². The van der Waals surface area contributed by atoms with Crippen molar-refractivity contribution in [2.24, 2.45) is 0 Å². The number of halogens is 1. The smallest absolute Gasteiger partial charge is 0.128 e. The molecular formula is C10H14FNS. The molecule has 1 unspecified atom stereocenters. The van der Waals surface area contributed by atoms with Crippen LogP contribution < -0.4 is 5.32 Å². The van der Waals surface area contributed by atoms with Crippen LogP contribution in [0.4, 0.5) is 4.39 Å². The van der Waals surface area contributed by atoms with E-state index >= 15 is 0 Å². The van der Waals surface area contributed by atoms with Gasteiger partial charge in [0.15, 0.2) is 0 Å². The minimum Gasteiger partial charge on any atom is -0.314 e. The van der Waals surface area contributed by atoms with Crippen molar-refractivity contribution in [1.82, 2.24) is 5.32 Å². The van der Waals surface area contributed by atoms with Gasteiger partial charge in [0.25, 0.3) is 0 Å². The molecule has 0 aromatic carbocycles. The molecule has 13 heavy (non-hydrogen) atoms. The minimum absolute atomic E-state index is 0.519. The number of nitrogens with one attached hydrogen (secondary N) is 1. The van der Waals surface area contributed by atoms with Crippen LogP contribution in [0.25, 0.3) is 0 Å². The zero-order valence-corrected chi connectivity index (χ0v) is 8.37. The predicted octanol–water partition coefficient (Wildman–Crippen LogP) is 2.38. The Labute approximate surface area is 82.0 Å². The number of hydrogen-bond acceptors (Lipinski definition) is 2. The molecule has 1 aromatic heterocycles. The van der Waals surface area contributed by atoms with Crippen molar-refractivity contribution < 1.29 is 4.39 Å². The quantitative estimate of drug-likeness (QED) is 0.771. The maximum absolute atomic E-state index is 14.1. The maximum atomic E-state index is 14.1. The second-order valence-corrected chi connectivity index (χ2v) is 4.72. The van der Waals surface area contributed by atoms with Crippen LogP contribution in [0.15, 0.2) is 17.5 Å². The Balaban J connectivity index is 1.99. The number of hydrogen-bond donors (Lipinski definition) is 1. The standard InChI is InChI=1S/C10H14FNS/c11-10(4-2-5-12-8-10)7-9-3-1-6-13-9/h1,3,6,12H,2,4-5,7-8H2. The summed E-state index contributed by atoms with van der Waals surface area (Å²) in [5.74, 6) is 0. The van der Waals surface area contributed by atoms with E-state index < -0.39 is 5.67 Å². The van der Waals surface area contributed by atoms with Crippen LogP contribution in [-0.4, -0.2) is 18.8 Å². The van der Waals surface area contributed by atoms with Gasteiger partial charge in [-0.1, -0.05) is 6.07 Å². The van der Waals surface area contributed by atoms with E-state index in [4.69, 9.17) is 0 Å². The van der Waals surface area contributed by atoms with E-state index in [-0.39, 0.29) is 0 Å². The number of piperidine rings is 1. The molecule has 1 N–H and O–H groups in total. The summed E-state index contributed by atoms with van der Waals surface area (Å²) in [6, 6.07) is 4.00. The Morgan fingerprint density at radius 3 is 3.15 bits per heavy atom. The van der Waals surface area contributed by atoms with Gasteiger partial charge < -0.3 is 5.32 Å². The molecule has 0 saturated carbocycles. The molecule has 1 fully saturated rings. The fourth-order valence-electron chi connectivity index (χ4n) is 1.81. The van der Waals surface area contributed by atoms with Crippen LogP contribution >= 0.6 is 11.3 Å². The van der Waals surface area contributed by atoms with Gasteiger partial charge in [0.1, 0.15) is 5.67 Å². The van der Waals surface area contributed by atoms with Gasteiger partial charge in [0.05, 0.1) is 0 Å². The van der Waals surface area contributed by atoms with Gasteiger partial charge in [0, 0.05) is 17.8 Å². The Morgan fingerprint density at radius 2 is 2.54 bits per heavy atom. The number of thiophene rings is 1. The van der Waals surface area contributed by atoms with E-state index in [0.29, 0.717) is 19.4 Å². The van der Waals surface area contributed by atoms with Gasteiger partial charge in [-0.05, 0) is 30.8 Å². The van der Waals surface area contributed by atoms with E-state index in [1.807, 2.05) is 17.5 Å². The summed E-state index contributed by atoms with van der Waals surface area (Å²) in [4.78, 5) is 1.16. The molecule has 72 valence electrons. The summed E-state index contributed by atoms with van der Waals surface area (Å²) in [5, 5.41) is 5.13. The van der Waals surface area contributed by atoms with Gasteiger partial charge in [-0.3, -0.25) is 0 Å². The van der Waals surface area contributed by atoms with E-state index in [9.17, 15) is 4.39 Å². The first-order chi connectivity index (χ1) is 6.29. The fourth-order valence-corrected chi connectivity index (χ4v) is 2.64. The van der Waals surface area contributed by atoms with E-state index in [2.05, 4.69) is 5.32 Å². The van der Waals surface area contributed by atoms with Crippen LogP contribution in [-0.2, 0) is 6.42 Å². The third kappa shape index (κ3) is 2.29. The largest absolute Gasteiger partial charge is 0.314 e. The van der Waals surface area contributed by atoms with Gasteiger partial charge in [-0.15, -0.1) is 11.3 Å². The molecule has 0 amide bonds. The second kappa shape index (κ2) is 3.76. The summed E-state index contributed by atoms with van der Waals surface area (Å²) >= 11 is 1.65. The van der Waals surface area contributed by atoms with E-state index in [0.717, 1.165) is 17.8 Å². The maximum Gasteiger partial charge on any atom is 0.128 e. The van der Waals surface area contributed by atoms with Crippen molar-refractivity contribution in [3.05, 3.63) is 22.4 Å². The minimum atomic E-state index is -0.997. The van der Waals surface area contributed by atoms with Gasteiger partial charge in [-0.25, -0.2) is 4.39 Å². The highest BCUT2D eigenvalue weighted by Crippen LogP contribution is 2.27. The highest BCUT2D eigenvalue weighted by molar-refractivity contribution is 7.09. The van der Waals surface area contributed by atoms with Gasteiger partial charge in [-0.2, -0.15) is 0 Å². The lowest BCUT2D eigenvalue weighted by Gasteiger charge is -2.29. The molecule has 1 aliphatic heterocycles. The van der Waals surface area contributed by atoms with Crippen LogP contribution in [0.2, 0.25) is 0 Å². The number of rotatable bonds is 2. The third-order valence-corrected chi connectivity index (χ3v) is 3.37. The first-order valence-electron chi connectivity index (χ1n) is 4.71. The lowest BCUT2D eigenvalue weighted by Crippen LogP contribution is -2.43. The average Bonchev–Trinajstić information content (AvgIpc) is 2.57. The summed E-state index contributed by atoms with van der Waals surface area (Å²) in [5.41, 5.74) is -0.997. The van der Waals surface area contributed by atoms with E-state index in [1.165, 1.54) is 0 Å². The second-order valence-electron chi connectivity index (χ2n) is 3.69. The number of alkyl halides is 1. The van der Waals surface area contributed by atoms with Gasteiger partial charge >= 0.3 is 0 Å². The van der Waals surface area contributed by atoms with Crippen molar-refractivity contribution in [1.29, 1.82) is 0 Å². The molecule has 0 radical (unpaired) electrons. The predicted molar refractivity (Wildman–Crippen MR) is 54.0 cm³/mol. The molecule has 2 rings (SSSR count). The summed E-state index contributed by atoms with van der Waals surface area (Å²) in [6.45, 7) is 1.49. The SMILES string of the molecule is FC1(Cc2cccs2)CCCNC1. The highest BCUT2D eigenvalue weighted by atomic mass is 32.1. The molecule has 1 atom stereocenters. The molecule has 1 aliphatic rings. The zero-order chi connectivity index (χ0) is 9.15. The zero-order valence-electron chi connectivity index (χ0n) is 7.55. The topological polar surface area (TPSA) is 12.0 Å². The van der Waals surface area contributed by atoms with Crippen LogP contribution in [0.5, 0.6) is 0 Å². The molecule has 3 heteroatoms. The van der Waals surface area contributed by atoms with E-state index in [1.54, 1.807) is 11.3 Å². The van der Waals surface area contributed by atoms with Crippen molar-refractivity contribution in [2.45, 2.75) is 24.9 Å². The molecule has 0 spiro atoms. The Bertz CT molecular complexity index is 252. The molecule has 1 aromatic rings. The van der Waals surface area contributed by atoms with Crippen molar-refractivity contribution >= 4 is 11.3 Å². The Hall–Kier alpha value is -0.410. The normalized spacial score (nSPS) is 29.0. The summed E-state index contributed by atoms with van der Waals surface area (Å²) in [6.07, 6.45) is 2.25. The monoisotopic (exact) mass is 199 g/mol. The first kappa shape index (κ1) is 9.16. The molecular weight excluding hydrogens is 185 g/mol. The summed E-state index contributed by atoms with van der Waals surface area (Å²) in [7, 11) is 0. The molecule has 1 nitrogen and oxygen atoms in total.